The average molecular weight is 326 g/mol. The van der Waals surface area contributed by atoms with Crippen LogP contribution in [0.15, 0.2) is 18.2 Å². The van der Waals surface area contributed by atoms with E-state index < -0.39 is 0 Å². The van der Waals surface area contributed by atoms with Gasteiger partial charge in [-0.25, -0.2) is 0 Å². The van der Waals surface area contributed by atoms with Gasteiger partial charge in [-0.05, 0) is 73.9 Å². The topological polar surface area (TPSA) is 41.5 Å². The number of fused-ring (bicyclic) bond motifs is 1. The van der Waals surface area contributed by atoms with E-state index in [0.29, 0.717) is 17.8 Å². The van der Waals surface area contributed by atoms with E-state index in [1.165, 1.54) is 11.1 Å². The van der Waals surface area contributed by atoms with E-state index in [1.54, 1.807) is 0 Å². The summed E-state index contributed by atoms with van der Waals surface area (Å²) in [4.78, 5) is 0. The van der Waals surface area contributed by atoms with Gasteiger partial charge < -0.3 is 15.2 Å². The number of ether oxygens (including phenoxy) is 1. The summed E-state index contributed by atoms with van der Waals surface area (Å²) in [5, 5.41) is 13.8. The molecule has 0 bridgehead atoms. The maximum absolute atomic E-state index is 10.4. The summed E-state index contributed by atoms with van der Waals surface area (Å²) in [7, 11) is 0. The molecule has 1 aliphatic heterocycles. The highest BCUT2D eigenvalue weighted by Gasteiger charge is 2.39. The first kappa shape index (κ1) is 17.6. The van der Waals surface area contributed by atoms with Crippen molar-refractivity contribution in [3.63, 3.8) is 0 Å². The smallest absolute Gasteiger partial charge is 0.125 e. The Balaban J connectivity index is 0.00000176. The Morgan fingerprint density at radius 1 is 1.14 bits per heavy atom. The largest absolute Gasteiger partial charge is 0.488 e. The van der Waals surface area contributed by atoms with Crippen LogP contribution in [0, 0.1) is 18.8 Å². The van der Waals surface area contributed by atoms with E-state index in [1.807, 2.05) is 0 Å². The van der Waals surface area contributed by atoms with E-state index >= 15 is 0 Å². The molecule has 0 spiro atoms. The van der Waals surface area contributed by atoms with Crippen molar-refractivity contribution in [1.82, 2.24) is 5.32 Å². The predicted octanol–water partition coefficient (Wildman–Crippen LogP) is 3.28. The molecule has 1 aliphatic carbocycles. The molecule has 22 heavy (non-hydrogen) atoms. The third-order valence-corrected chi connectivity index (χ3v) is 5.02. The van der Waals surface area contributed by atoms with Crippen molar-refractivity contribution in [2.45, 2.75) is 51.7 Å². The molecule has 1 saturated heterocycles. The summed E-state index contributed by atoms with van der Waals surface area (Å²) in [6.07, 6.45) is 1.43. The van der Waals surface area contributed by atoms with Gasteiger partial charge in [0.2, 0.25) is 0 Å². The highest BCUT2D eigenvalue weighted by Crippen LogP contribution is 2.35. The second-order valence-electron chi connectivity index (χ2n) is 7.11. The highest BCUT2D eigenvalue weighted by molar-refractivity contribution is 5.85. The third kappa shape index (κ3) is 3.76. The summed E-state index contributed by atoms with van der Waals surface area (Å²) in [5.74, 6) is 2.69. The number of rotatable bonds is 3. The van der Waals surface area contributed by atoms with Crippen molar-refractivity contribution >= 4 is 12.4 Å². The average Bonchev–Trinajstić information content (AvgIpc) is 2.85. The van der Waals surface area contributed by atoms with E-state index in [-0.39, 0.29) is 24.6 Å². The SMILES string of the molecule is Cc1cc(O[C@@H]2C[C@@H]3CNC[C@@H]3C[C@H]2O)cc(C(C)C)c1.Cl. The molecule has 0 radical (unpaired) electrons. The molecule has 0 amide bonds. The molecule has 1 heterocycles. The summed E-state index contributed by atoms with van der Waals surface area (Å²) in [5.41, 5.74) is 2.53. The van der Waals surface area contributed by atoms with Gasteiger partial charge in [-0.15, -0.1) is 12.4 Å². The summed E-state index contributed by atoms with van der Waals surface area (Å²) >= 11 is 0. The fourth-order valence-corrected chi connectivity index (χ4v) is 3.74. The molecule has 4 heteroatoms. The van der Waals surface area contributed by atoms with Gasteiger partial charge in [0.1, 0.15) is 11.9 Å². The minimum atomic E-state index is -0.339. The fraction of sp³-hybridized carbons (Fsp3) is 0.667. The van der Waals surface area contributed by atoms with Gasteiger partial charge in [-0.1, -0.05) is 19.9 Å². The molecule has 4 atom stereocenters. The molecule has 3 rings (SSSR count). The number of nitrogens with one attached hydrogen (secondary N) is 1. The number of hydrogen-bond acceptors (Lipinski definition) is 3. The third-order valence-electron chi connectivity index (χ3n) is 5.02. The molecule has 0 aromatic heterocycles. The van der Waals surface area contributed by atoms with Gasteiger partial charge in [0.05, 0.1) is 6.10 Å². The summed E-state index contributed by atoms with van der Waals surface area (Å²) in [6.45, 7) is 8.62. The molecular weight excluding hydrogens is 298 g/mol. The maximum atomic E-state index is 10.4. The van der Waals surface area contributed by atoms with Crippen LogP contribution in [0.2, 0.25) is 0 Å². The normalized spacial score (nSPS) is 30.8. The first-order valence-corrected chi connectivity index (χ1v) is 8.20. The quantitative estimate of drug-likeness (QED) is 0.896. The number of aliphatic hydroxyl groups is 1. The van der Waals surface area contributed by atoms with Crippen LogP contribution in [0.5, 0.6) is 5.75 Å². The molecular formula is C18H28ClNO2. The molecule has 1 saturated carbocycles. The van der Waals surface area contributed by atoms with Crippen LogP contribution < -0.4 is 10.1 Å². The van der Waals surface area contributed by atoms with Crippen molar-refractivity contribution in [3.05, 3.63) is 29.3 Å². The van der Waals surface area contributed by atoms with E-state index in [2.05, 4.69) is 44.3 Å². The molecule has 2 aliphatic rings. The standard InChI is InChI=1S/C18H27NO2.ClH/c1-11(2)13-4-12(3)5-16(6-13)21-18-8-15-10-19-9-14(15)7-17(18)20;/h4-6,11,14-15,17-20H,7-10H2,1-3H3;1H/t14-,15+,17+,18+;/m0./s1. The van der Waals surface area contributed by atoms with Crippen molar-refractivity contribution in [2.75, 3.05) is 13.1 Å². The van der Waals surface area contributed by atoms with Crippen LogP contribution in [0.1, 0.15) is 43.7 Å². The van der Waals surface area contributed by atoms with Crippen molar-refractivity contribution < 1.29 is 9.84 Å². The summed E-state index contributed by atoms with van der Waals surface area (Å²) < 4.78 is 6.17. The first-order chi connectivity index (χ1) is 10.0. The van der Waals surface area contributed by atoms with Gasteiger partial charge in [0.25, 0.3) is 0 Å². The zero-order valence-corrected chi connectivity index (χ0v) is 14.5. The lowest BCUT2D eigenvalue weighted by atomic mass is 9.78. The number of benzene rings is 1. The van der Waals surface area contributed by atoms with E-state index in [4.69, 9.17) is 4.74 Å². The predicted molar refractivity (Wildman–Crippen MR) is 92.0 cm³/mol. The number of aliphatic hydroxyl groups excluding tert-OH is 1. The zero-order chi connectivity index (χ0) is 15.0. The second-order valence-corrected chi connectivity index (χ2v) is 7.11. The summed E-state index contributed by atoms with van der Waals surface area (Å²) in [6, 6.07) is 6.42. The Hall–Kier alpha value is -0.770. The van der Waals surface area contributed by atoms with Crippen molar-refractivity contribution in [3.8, 4) is 5.75 Å². The molecule has 124 valence electrons. The van der Waals surface area contributed by atoms with Crippen LogP contribution in [-0.2, 0) is 0 Å². The number of halogens is 1. The molecule has 1 aromatic rings. The monoisotopic (exact) mass is 325 g/mol. The van der Waals surface area contributed by atoms with Crippen LogP contribution in [0.3, 0.4) is 0 Å². The Morgan fingerprint density at radius 3 is 2.50 bits per heavy atom. The van der Waals surface area contributed by atoms with Crippen LogP contribution in [-0.4, -0.2) is 30.4 Å². The van der Waals surface area contributed by atoms with Gasteiger partial charge in [-0.3, -0.25) is 0 Å². The van der Waals surface area contributed by atoms with Gasteiger partial charge >= 0.3 is 0 Å². The maximum Gasteiger partial charge on any atom is 0.125 e. The lowest BCUT2D eigenvalue weighted by Gasteiger charge is -2.35. The highest BCUT2D eigenvalue weighted by atomic mass is 35.5. The minimum Gasteiger partial charge on any atom is -0.488 e. The lowest BCUT2D eigenvalue weighted by Crippen LogP contribution is -2.42. The van der Waals surface area contributed by atoms with Crippen LogP contribution >= 0.6 is 12.4 Å². The fourth-order valence-electron chi connectivity index (χ4n) is 3.74. The van der Waals surface area contributed by atoms with Gasteiger partial charge in [0.15, 0.2) is 0 Å². The van der Waals surface area contributed by atoms with E-state index in [0.717, 1.165) is 31.7 Å². The van der Waals surface area contributed by atoms with Gasteiger partial charge in [-0.2, -0.15) is 0 Å². The first-order valence-electron chi connectivity index (χ1n) is 8.20. The molecule has 2 N–H and O–H groups in total. The van der Waals surface area contributed by atoms with Crippen LogP contribution in [0.25, 0.3) is 0 Å². The van der Waals surface area contributed by atoms with Crippen LogP contribution in [0.4, 0.5) is 0 Å². The number of hydrogen-bond donors (Lipinski definition) is 2. The molecule has 2 fully saturated rings. The molecule has 3 nitrogen and oxygen atoms in total. The van der Waals surface area contributed by atoms with E-state index in [9.17, 15) is 5.11 Å². The number of aryl methyl sites for hydroxylation is 1. The minimum absolute atomic E-state index is 0. The Kier molecular flexibility index (Phi) is 5.76. The second kappa shape index (κ2) is 7.20. The Morgan fingerprint density at radius 2 is 1.82 bits per heavy atom. The Bertz CT molecular complexity index is 506. The van der Waals surface area contributed by atoms with Crippen molar-refractivity contribution in [2.24, 2.45) is 11.8 Å². The Labute approximate surface area is 139 Å². The lowest BCUT2D eigenvalue weighted by molar-refractivity contribution is -0.0232. The van der Waals surface area contributed by atoms with Crippen molar-refractivity contribution in [1.29, 1.82) is 0 Å². The molecule has 1 aromatic carbocycles. The molecule has 0 unspecified atom stereocenters. The zero-order valence-electron chi connectivity index (χ0n) is 13.7. The van der Waals surface area contributed by atoms with Gasteiger partial charge in [0, 0.05) is 0 Å².